The van der Waals surface area contributed by atoms with E-state index in [1.165, 1.54) is 16.8 Å². The summed E-state index contributed by atoms with van der Waals surface area (Å²) in [5, 5.41) is 2.19. The highest BCUT2D eigenvalue weighted by Crippen LogP contribution is 2.33. The molecule has 0 saturated heterocycles. The Hall–Kier alpha value is -3.28. The first-order valence-electron chi connectivity index (χ1n) is 11.4. The van der Waals surface area contributed by atoms with Crippen LogP contribution in [0.3, 0.4) is 0 Å². The number of aromatic nitrogens is 3. The molecule has 4 heterocycles. The zero-order valence-electron chi connectivity index (χ0n) is 19.7. The van der Waals surface area contributed by atoms with Crippen LogP contribution in [0.2, 0.25) is 6.82 Å². The van der Waals surface area contributed by atoms with Gasteiger partial charge in [0.15, 0.2) is 5.42 Å². The average Bonchev–Trinajstić information content (AvgIpc) is 3.32. The summed E-state index contributed by atoms with van der Waals surface area (Å²) < 4.78 is 10.7. The number of furan rings is 1. The SMILES string of the molecule is CB1C=c2c(oc3ncccc23)=CN1c1n(-c2c(C(C)C)cccc2C(C)C)cc[n+]1C. The molecular weight excluding hydrogens is 395 g/mol. The predicted molar refractivity (Wildman–Crippen MR) is 131 cm³/mol. The van der Waals surface area contributed by atoms with Crippen molar-refractivity contribution < 1.29 is 8.98 Å². The maximum Gasteiger partial charge on any atom is 0.367 e. The number of hydrogen-bond donors (Lipinski definition) is 0. The Balaban J connectivity index is 1.75. The van der Waals surface area contributed by atoms with Crippen molar-refractivity contribution in [2.75, 3.05) is 4.81 Å². The summed E-state index contributed by atoms with van der Waals surface area (Å²) in [6.07, 6.45) is 8.21. The Bertz CT molecular complexity index is 1400. The first-order valence-corrected chi connectivity index (χ1v) is 11.4. The highest BCUT2D eigenvalue weighted by molar-refractivity contribution is 6.77. The van der Waals surface area contributed by atoms with Crippen molar-refractivity contribution in [1.29, 1.82) is 0 Å². The van der Waals surface area contributed by atoms with Crippen molar-refractivity contribution in [2.24, 2.45) is 7.05 Å². The van der Waals surface area contributed by atoms with Crippen LogP contribution in [0.15, 0.2) is 53.3 Å². The van der Waals surface area contributed by atoms with Gasteiger partial charge in [0.05, 0.1) is 19.4 Å². The van der Waals surface area contributed by atoms with E-state index in [2.05, 4.69) is 109 Å². The van der Waals surface area contributed by atoms with Crippen molar-refractivity contribution in [3.63, 3.8) is 0 Å². The zero-order valence-corrected chi connectivity index (χ0v) is 19.7. The lowest BCUT2D eigenvalue weighted by Gasteiger charge is -2.23. The minimum absolute atomic E-state index is 0.164. The Labute approximate surface area is 189 Å². The number of pyridine rings is 1. The quantitative estimate of drug-likeness (QED) is 0.368. The van der Waals surface area contributed by atoms with E-state index >= 15 is 0 Å². The molecule has 1 aliphatic heterocycles. The molecule has 0 saturated carbocycles. The molecule has 3 aromatic heterocycles. The highest BCUT2D eigenvalue weighted by atomic mass is 16.3. The van der Waals surface area contributed by atoms with Gasteiger partial charge in [0.1, 0.15) is 11.9 Å². The van der Waals surface area contributed by atoms with Gasteiger partial charge < -0.3 is 4.42 Å². The van der Waals surface area contributed by atoms with Crippen LogP contribution in [-0.2, 0) is 7.05 Å². The minimum Gasteiger partial charge on any atom is -0.435 e. The van der Waals surface area contributed by atoms with Gasteiger partial charge in [-0.3, -0.25) is 4.81 Å². The van der Waals surface area contributed by atoms with Crippen molar-refractivity contribution in [2.45, 2.75) is 46.4 Å². The molecule has 0 amide bonds. The summed E-state index contributed by atoms with van der Waals surface area (Å²) in [5.74, 6) is 4.22. The molecule has 0 spiro atoms. The molecule has 0 unspecified atom stereocenters. The van der Waals surface area contributed by atoms with Gasteiger partial charge in [-0.25, -0.2) is 14.1 Å². The van der Waals surface area contributed by atoms with E-state index in [9.17, 15) is 0 Å². The largest absolute Gasteiger partial charge is 0.435 e. The van der Waals surface area contributed by atoms with E-state index in [4.69, 9.17) is 4.42 Å². The number of rotatable bonds is 4. The van der Waals surface area contributed by atoms with Gasteiger partial charge in [-0.05, 0) is 41.9 Å². The number of fused-ring (bicyclic) bond motifs is 3. The van der Waals surface area contributed by atoms with Crippen molar-refractivity contribution in [3.8, 4) is 5.69 Å². The van der Waals surface area contributed by atoms with Crippen LogP contribution in [-0.4, -0.2) is 16.4 Å². The highest BCUT2D eigenvalue weighted by Gasteiger charge is 2.33. The number of hydrogen-bond acceptors (Lipinski definition) is 3. The van der Waals surface area contributed by atoms with Crippen LogP contribution in [0.4, 0.5) is 5.95 Å². The molecule has 6 heteroatoms. The second-order valence-corrected chi connectivity index (χ2v) is 9.35. The Morgan fingerprint density at radius 2 is 1.75 bits per heavy atom. The topological polar surface area (TPSA) is 38.1 Å². The lowest BCUT2D eigenvalue weighted by atomic mass is 9.62. The molecule has 1 aliphatic rings. The molecular formula is C26H30BN4O+. The molecule has 0 aliphatic carbocycles. The van der Waals surface area contributed by atoms with E-state index < -0.39 is 0 Å². The second-order valence-electron chi connectivity index (χ2n) is 9.35. The number of nitrogens with zero attached hydrogens (tertiary/aromatic N) is 4. The third kappa shape index (κ3) is 3.17. The first kappa shape index (κ1) is 20.6. The summed E-state index contributed by atoms with van der Waals surface area (Å²) >= 11 is 0. The number of benzene rings is 1. The van der Waals surface area contributed by atoms with Crippen LogP contribution in [0, 0.1) is 0 Å². The third-order valence-corrected chi connectivity index (χ3v) is 6.42. The second kappa shape index (κ2) is 7.70. The Kier molecular flexibility index (Phi) is 4.96. The van der Waals surface area contributed by atoms with Gasteiger partial charge in [-0.15, -0.1) is 0 Å². The van der Waals surface area contributed by atoms with Crippen LogP contribution >= 0.6 is 0 Å². The minimum atomic E-state index is 0.164. The number of anilines is 1. The van der Waals surface area contributed by atoms with E-state index in [0.717, 1.165) is 22.0 Å². The van der Waals surface area contributed by atoms with Gasteiger partial charge >= 0.3 is 12.8 Å². The van der Waals surface area contributed by atoms with Crippen LogP contribution < -0.4 is 20.0 Å². The molecule has 1 aromatic carbocycles. The van der Waals surface area contributed by atoms with E-state index in [1.54, 1.807) is 6.20 Å². The van der Waals surface area contributed by atoms with E-state index in [1.807, 2.05) is 6.07 Å². The van der Waals surface area contributed by atoms with Crippen molar-refractivity contribution in [1.82, 2.24) is 9.55 Å². The lowest BCUT2D eigenvalue weighted by Crippen LogP contribution is -2.47. The third-order valence-electron chi connectivity index (χ3n) is 6.42. The maximum atomic E-state index is 6.12. The summed E-state index contributed by atoms with van der Waals surface area (Å²) in [4.78, 5) is 6.71. The normalized spacial score (nSPS) is 13.6. The molecule has 32 heavy (non-hydrogen) atoms. The number of para-hydroxylation sites is 1. The summed E-state index contributed by atoms with van der Waals surface area (Å²) in [6.45, 7) is 11.5. The fourth-order valence-electron chi connectivity index (χ4n) is 4.78. The molecule has 4 aromatic rings. The monoisotopic (exact) mass is 425 g/mol. The summed E-state index contributed by atoms with van der Waals surface area (Å²) in [5.41, 5.74) is 5.54. The van der Waals surface area contributed by atoms with Crippen molar-refractivity contribution >= 4 is 36.1 Å². The number of imidazole rings is 1. The molecule has 0 N–H and O–H groups in total. The van der Waals surface area contributed by atoms with Crippen LogP contribution in [0.5, 0.6) is 0 Å². The smallest absolute Gasteiger partial charge is 0.367 e. The van der Waals surface area contributed by atoms with Crippen LogP contribution in [0.1, 0.15) is 50.7 Å². The molecule has 0 fully saturated rings. The lowest BCUT2D eigenvalue weighted by molar-refractivity contribution is -0.656. The van der Waals surface area contributed by atoms with Gasteiger partial charge in [-0.2, -0.15) is 0 Å². The Morgan fingerprint density at radius 1 is 1.03 bits per heavy atom. The zero-order chi connectivity index (χ0) is 22.6. The molecule has 162 valence electrons. The van der Waals surface area contributed by atoms with E-state index in [0.29, 0.717) is 17.5 Å². The fraction of sp³-hybridized carbons (Fsp3) is 0.308. The van der Waals surface area contributed by atoms with Crippen molar-refractivity contribution in [3.05, 3.63) is 70.7 Å². The first-order chi connectivity index (χ1) is 15.4. The molecule has 0 atom stereocenters. The average molecular weight is 425 g/mol. The van der Waals surface area contributed by atoms with Crippen LogP contribution in [0.25, 0.3) is 29.0 Å². The molecule has 0 bridgehead atoms. The molecule has 5 rings (SSSR count). The summed E-state index contributed by atoms with van der Waals surface area (Å²) in [7, 11) is 2.11. The number of aryl methyl sites for hydroxylation is 1. The summed E-state index contributed by atoms with van der Waals surface area (Å²) in [6, 6.07) is 10.7. The predicted octanol–water partition coefficient (Wildman–Crippen LogP) is 3.89. The standard InChI is InChI=1S/C26H30BN4O/c1-17(2)19-9-7-10-20(18(3)4)24(19)30-14-13-29(6)26(30)31-16-23-22(15-27(31)5)21-11-8-12-28-25(21)32-23/h7-18H,1-6H3/q+1. The van der Waals surface area contributed by atoms with Gasteiger partial charge in [-0.1, -0.05) is 51.9 Å². The maximum absolute atomic E-state index is 6.12. The van der Waals surface area contributed by atoms with Gasteiger partial charge in [0.25, 0.3) is 0 Å². The fourth-order valence-corrected chi connectivity index (χ4v) is 4.78. The molecule has 5 nitrogen and oxygen atoms in total. The Morgan fingerprint density at radius 3 is 2.44 bits per heavy atom. The van der Waals surface area contributed by atoms with Gasteiger partial charge in [0, 0.05) is 16.8 Å². The van der Waals surface area contributed by atoms with E-state index in [-0.39, 0.29) is 6.85 Å². The van der Waals surface area contributed by atoms with Gasteiger partial charge in [0.2, 0.25) is 5.71 Å². The molecule has 0 radical (unpaired) electrons.